The van der Waals surface area contributed by atoms with Crippen molar-refractivity contribution < 1.29 is 23.1 Å². The van der Waals surface area contributed by atoms with Crippen molar-refractivity contribution in [1.82, 2.24) is 15.6 Å². The molecule has 1 aliphatic rings. The number of ketones is 1. The van der Waals surface area contributed by atoms with Crippen LogP contribution in [0, 0.1) is 11.6 Å². The highest BCUT2D eigenvalue weighted by atomic mass is 35.5. The van der Waals surface area contributed by atoms with E-state index in [9.17, 15) is 18.4 Å². The fourth-order valence-corrected chi connectivity index (χ4v) is 3.17. The van der Waals surface area contributed by atoms with Crippen LogP contribution in [0.1, 0.15) is 30.5 Å². The zero-order valence-corrected chi connectivity index (χ0v) is 15.7. The number of hydrogen-bond acceptors (Lipinski definition) is 4. The maximum atomic E-state index is 13.9. The molecule has 9 heteroatoms. The van der Waals surface area contributed by atoms with Gasteiger partial charge in [0.2, 0.25) is 0 Å². The average molecular weight is 410 g/mol. The highest BCUT2D eigenvalue weighted by Crippen LogP contribution is 2.32. The Morgan fingerprint density at radius 1 is 1.32 bits per heavy atom. The van der Waals surface area contributed by atoms with E-state index in [1.165, 1.54) is 30.3 Å². The summed E-state index contributed by atoms with van der Waals surface area (Å²) in [5, 5.41) is 4.96. The molecule has 1 saturated heterocycles. The molecule has 0 saturated carbocycles. The van der Waals surface area contributed by atoms with E-state index < -0.39 is 29.6 Å². The van der Waals surface area contributed by atoms with Crippen molar-refractivity contribution in [2.24, 2.45) is 0 Å². The summed E-state index contributed by atoms with van der Waals surface area (Å²) in [6, 6.07) is 5.65. The molecular weight excluding hydrogens is 392 g/mol. The minimum absolute atomic E-state index is 0.0429. The van der Waals surface area contributed by atoms with Gasteiger partial charge in [0.05, 0.1) is 17.3 Å². The van der Waals surface area contributed by atoms with Gasteiger partial charge in [-0.15, -0.1) is 0 Å². The van der Waals surface area contributed by atoms with Crippen LogP contribution in [0.2, 0.25) is 5.02 Å². The number of nitrogens with zero attached hydrogens (tertiary/aromatic N) is 1. The molecule has 1 aromatic heterocycles. The van der Waals surface area contributed by atoms with E-state index in [1.807, 2.05) is 0 Å². The fourth-order valence-electron chi connectivity index (χ4n) is 2.98. The second-order valence-corrected chi connectivity index (χ2v) is 6.67. The molecule has 148 valence electrons. The number of Topliss-reactive ketones (excluding diaryl/α,β-unsaturated/α-hetero) is 1. The zero-order chi connectivity index (χ0) is 20.3. The summed E-state index contributed by atoms with van der Waals surface area (Å²) in [4.78, 5) is 28.2. The van der Waals surface area contributed by atoms with Crippen LogP contribution in [0.25, 0.3) is 0 Å². The van der Waals surface area contributed by atoms with Crippen LogP contribution in [0.15, 0.2) is 30.3 Å². The van der Waals surface area contributed by atoms with Gasteiger partial charge in [-0.25, -0.2) is 18.6 Å². The molecule has 3 rings (SSSR count). The number of pyridine rings is 1. The lowest BCUT2D eigenvalue weighted by Gasteiger charge is -2.19. The minimum atomic E-state index is -0.683. The van der Waals surface area contributed by atoms with Crippen LogP contribution < -0.4 is 15.4 Å². The third-order valence-corrected chi connectivity index (χ3v) is 4.68. The number of carbonyl (C=O) groups excluding carboxylic acids is 2. The molecule has 0 aliphatic carbocycles. The van der Waals surface area contributed by atoms with Crippen LogP contribution >= 0.6 is 11.6 Å². The molecule has 0 bridgehead atoms. The summed E-state index contributed by atoms with van der Waals surface area (Å²) in [6.45, 7) is 2.10. The summed E-state index contributed by atoms with van der Waals surface area (Å²) < 4.78 is 32.7. The van der Waals surface area contributed by atoms with Gasteiger partial charge in [-0.2, -0.15) is 0 Å². The number of carbonyl (C=O) groups is 2. The summed E-state index contributed by atoms with van der Waals surface area (Å²) >= 11 is 5.90. The van der Waals surface area contributed by atoms with E-state index in [4.69, 9.17) is 16.3 Å². The number of halogens is 3. The maximum Gasteiger partial charge on any atom is 0.315 e. The number of rotatable bonds is 7. The lowest BCUT2D eigenvalue weighted by molar-refractivity contribution is -0.120. The smallest absolute Gasteiger partial charge is 0.315 e. The molecule has 1 fully saturated rings. The molecule has 2 N–H and O–H groups in total. The monoisotopic (exact) mass is 409 g/mol. The molecule has 0 radical (unpaired) electrons. The number of benzene rings is 1. The molecular formula is C19H18ClF2N3O3. The molecule has 28 heavy (non-hydrogen) atoms. The van der Waals surface area contributed by atoms with Crippen LogP contribution in [-0.4, -0.2) is 36.0 Å². The first-order valence-corrected chi connectivity index (χ1v) is 9.08. The van der Waals surface area contributed by atoms with Crippen molar-refractivity contribution >= 4 is 23.4 Å². The molecule has 1 aromatic carbocycles. The van der Waals surface area contributed by atoms with Crippen LogP contribution in [0.3, 0.4) is 0 Å². The number of nitrogens with one attached hydrogen (secondary N) is 2. The fraction of sp³-hybridized carbons (Fsp3) is 0.316. The average Bonchev–Trinajstić information content (AvgIpc) is 3.11. The normalized spacial score (nSPS) is 17.0. The predicted molar refractivity (Wildman–Crippen MR) is 98.6 cm³/mol. The van der Waals surface area contributed by atoms with Crippen molar-refractivity contribution in [3.63, 3.8) is 0 Å². The van der Waals surface area contributed by atoms with Gasteiger partial charge < -0.3 is 15.4 Å². The summed E-state index contributed by atoms with van der Waals surface area (Å²) in [6.07, 6.45) is -0.0429. The van der Waals surface area contributed by atoms with Crippen LogP contribution in [0.4, 0.5) is 13.6 Å². The standard InChI is InChI=1S/C19H18ClF2N3O3/c1-2-28-18-14(22)5-6-15(24-18)11(10-3-4-13(21)12(20)7-10)8-17(26)16-9-23-19(27)25-16/h3-7,11,16H,2,8-9H2,1H3,(H2,23,25,27)/t11?,16-/m0/s1. The first-order valence-electron chi connectivity index (χ1n) is 8.70. The highest BCUT2D eigenvalue weighted by molar-refractivity contribution is 6.30. The van der Waals surface area contributed by atoms with E-state index in [2.05, 4.69) is 15.6 Å². The number of urea groups is 1. The van der Waals surface area contributed by atoms with Gasteiger partial charge in [0.25, 0.3) is 5.88 Å². The Morgan fingerprint density at radius 3 is 2.71 bits per heavy atom. The Kier molecular flexibility index (Phi) is 6.08. The van der Waals surface area contributed by atoms with Crippen LogP contribution in [-0.2, 0) is 4.79 Å². The lowest BCUT2D eigenvalue weighted by Crippen LogP contribution is -2.35. The Labute approximate surface area is 165 Å². The zero-order valence-electron chi connectivity index (χ0n) is 15.0. The number of hydrogen-bond donors (Lipinski definition) is 2. The second-order valence-electron chi connectivity index (χ2n) is 6.26. The van der Waals surface area contributed by atoms with Crippen molar-refractivity contribution in [2.45, 2.75) is 25.3 Å². The molecule has 2 atom stereocenters. The van der Waals surface area contributed by atoms with Crippen molar-refractivity contribution in [1.29, 1.82) is 0 Å². The van der Waals surface area contributed by atoms with Gasteiger partial charge >= 0.3 is 6.03 Å². The van der Waals surface area contributed by atoms with Gasteiger partial charge in [-0.3, -0.25) is 4.79 Å². The van der Waals surface area contributed by atoms with E-state index in [0.717, 1.165) is 0 Å². The highest BCUT2D eigenvalue weighted by Gasteiger charge is 2.30. The number of ether oxygens (including phenoxy) is 1. The third-order valence-electron chi connectivity index (χ3n) is 4.39. The predicted octanol–water partition coefficient (Wildman–Crippen LogP) is 3.18. The first-order chi connectivity index (χ1) is 13.4. The van der Waals surface area contributed by atoms with E-state index >= 15 is 0 Å². The minimum Gasteiger partial charge on any atom is -0.476 e. The van der Waals surface area contributed by atoms with E-state index in [0.29, 0.717) is 11.3 Å². The molecule has 1 unspecified atom stereocenters. The summed E-state index contributed by atoms with van der Waals surface area (Å²) in [5.74, 6) is -2.26. The summed E-state index contributed by atoms with van der Waals surface area (Å²) in [5.41, 5.74) is 0.914. The van der Waals surface area contributed by atoms with Gasteiger partial charge in [-0.05, 0) is 36.8 Å². The molecule has 0 spiro atoms. The molecule has 6 nitrogen and oxygen atoms in total. The van der Waals surface area contributed by atoms with E-state index in [-0.39, 0.29) is 36.3 Å². The van der Waals surface area contributed by atoms with Gasteiger partial charge in [0, 0.05) is 18.9 Å². The summed E-state index contributed by atoms with van der Waals surface area (Å²) in [7, 11) is 0. The van der Waals surface area contributed by atoms with Crippen molar-refractivity contribution in [3.05, 3.63) is 58.2 Å². The quantitative estimate of drug-likeness (QED) is 0.736. The maximum absolute atomic E-state index is 13.9. The lowest BCUT2D eigenvalue weighted by atomic mass is 9.88. The van der Waals surface area contributed by atoms with Crippen molar-refractivity contribution in [2.75, 3.05) is 13.2 Å². The van der Waals surface area contributed by atoms with E-state index in [1.54, 1.807) is 6.92 Å². The number of amides is 2. The number of aromatic nitrogens is 1. The van der Waals surface area contributed by atoms with Crippen molar-refractivity contribution in [3.8, 4) is 5.88 Å². The Hall–Kier alpha value is -2.74. The molecule has 2 heterocycles. The van der Waals surface area contributed by atoms with Crippen LogP contribution in [0.5, 0.6) is 5.88 Å². The molecule has 2 amide bonds. The van der Waals surface area contributed by atoms with Gasteiger partial charge in [0.15, 0.2) is 11.6 Å². The molecule has 1 aliphatic heterocycles. The largest absolute Gasteiger partial charge is 0.476 e. The Morgan fingerprint density at radius 2 is 2.07 bits per heavy atom. The molecule has 2 aromatic rings. The Bertz CT molecular complexity index is 910. The second kappa shape index (κ2) is 8.52. The topological polar surface area (TPSA) is 80.3 Å². The SMILES string of the molecule is CCOc1nc(C(CC(=O)[C@@H]2CNC(=O)N2)c2ccc(F)c(Cl)c2)ccc1F. The van der Waals surface area contributed by atoms with Gasteiger partial charge in [-0.1, -0.05) is 17.7 Å². The first kappa shape index (κ1) is 20.0. The Balaban J connectivity index is 1.96. The van der Waals surface area contributed by atoms with Gasteiger partial charge in [0.1, 0.15) is 11.9 Å². The third kappa shape index (κ3) is 4.39.